The Bertz CT molecular complexity index is 2340. The average Bonchev–Trinajstić information content (AvgIpc) is 3.89. The molecule has 6 rings (SSSR count). The number of anilines is 1. The molecule has 1 saturated carbocycles. The van der Waals surface area contributed by atoms with Gasteiger partial charge >= 0.3 is 23.6 Å². The second-order valence-corrected chi connectivity index (χ2v) is 12.8. The maximum absolute atomic E-state index is 16.2. The fraction of sp³-hybridized carbons (Fsp3) is 0.406. The van der Waals surface area contributed by atoms with Gasteiger partial charge in [0.1, 0.15) is 11.9 Å². The van der Waals surface area contributed by atoms with Gasteiger partial charge in [0.25, 0.3) is 17.0 Å². The van der Waals surface area contributed by atoms with Crippen LogP contribution in [-0.4, -0.2) is 65.5 Å². The van der Waals surface area contributed by atoms with Crippen LogP contribution in [0.1, 0.15) is 50.8 Å². The molecule has 1 saturated heterocycles. The zero-order valence-electron chi connectivity index (χ0n) is 26.7. The van der Waals surface area contributed by atoms with E-state index < -0.39 is 88.4 Å². The van der Waals surface area contributed by atoms with E-state index in [-0.39, 0.29) is 44.4 Å². The van der Waals surface area contributed by atoms with Crippen molar-refractivity contribution in [2.45, 2.75) is 70.0 Å². The van der Waals surface area contributed by atoms with Crippen molar-refractivity contribution in [3.63, 3.8) is 0 Å². The minimum absolute atomic E-state index is 0.0170. The van der Waals surface area contributed by atoms with E-state index in [0.717, 1.165) is 46.2 Å². The zero-order valence-corrected chi connectivity index (χ0v) is 26.7. The largest absolute Gasteiger partial charge is 0.460 e. The van der Waals surface area contributed by atoms with Gasteiger partial charge in [-0.2, -0.15) is 23.5 Å². The lowest BCUT2D eigenvalue weighted by Crippen LogP contribution is -2.65. The molecule has 0 spiro atoms. The summed E-state index contributed by atoms with van der Waals surface area (Å²) in [4.78, 5) is 70.0. The predicted molar refractivity (Wildman–Crippen MR) is 166 cm³/mol. The Kier molecular flexibility index (Phi) is 8.56. The van der Waals surface area contributed by atoms with Crippen LogP contribution < -0.4 is 21.7 Å². The second-order valence-electron chi connectivity index (χ2n) is 12.8. The van der Waals surface area contributed by atoms with Gasteiger partial charge in [-0.3, -0.25) is 38.1 Å². The molecule has 2 aromatic carbocycles. The number of nitriles is 1. The fourth-order valence-corrected chi connectivity index (χ4v) is 6.39. The van der Waals surface area contributed by atoms with Crippen molar-refractivity contribution >= 4 is 39.2 Å². The highest BCUT2D eigenvalue weighted by atomic mass is 19.4. The van der Waals surface area contributed by atoms with Crippen LogP contribution in [-0.2, 0) is 16.1 Å². The quantitative estimate of drug-likeness (QED) is 0.130. The second kappa shape index (κ2) is 12.4. The van der Waals surface area contributed by atoms with Crippen molar-refractivity contribution in [3.05, 3.63) is 79.2 Å². The van der Waals surface area contributed by atoms with Crippen molar-refractivity contribution in [1.82, 2.24) is 23.7 Å². The Morgan fingerprint density at radius 2 is 1.78 bits per heavy atom. The van der Waals surface area contributed by atoms with E-state index >= 15 is 13.2 Å². The Morgan fingerprint density at radius 3 is 2.39 bits per heavy atom. The monoisotopic (exact) mass is 719 g/mol. The van der Waals surface area contributed by atoms with E-state index in [0.29, 0.717) is 11.2 Å². The van der Waals surface area contributed by atoms with Gasteiger partial charge in [-0.15, -0.1) is 0 Å². The first-order valence-electron chi connectivity index (χ1n) is 15.5. The summed E-state index contributed by atoms with van der Waals surface area (Å²) in [6.07, 6.45) is -7.87. The molecule has 1 N–H and O–H groups in total. The standard InChI is InChI=1S/C32H27F6N7O6/c1-15(2)44-22-11-20(33)23(10-19(22)28(48)42(30(44)50)13-16-3-4-16)41-8-7-31(34,35)24(26(41)45(51)29(49)25(46)32(36,37)38)43-14-40-21-9-17(12-39)5-6-18(21)27(43)47/h5-6,9-11,14-16,24,26,51H,3-4,7-8,13H2,1-2H3. The number of nitrogens with zero attached hydrogens (tertiary/aromatic N) is 7. The highest BCUT2D eigenvalue weighted by molar-refractivity contribution is 6.38. The lowest BCUT2D eigenvalue weighted by molar-refractivity contribution is -0.210. The van der Waals surface area contributed by atoms with E-state index in [9.17, 15) is 47.6 Å². The SMILES string of the molecule is CC(C)n1c(=O)n(CC2CC2)c(=O)c2cc(N3CCC(F)(F)C(n4cnc5cc(C#N)ccc5c4=O)C3N(O)C(=O)C(=O)C(F)(F)F)c(F)cc21. The maximum atomic E-state index is 16.2. The zero-order chi connectivity index (χ0) is 37.3. The summed E-state index contributed by atoms with van der Waals surface area (Å²) in [5, 5.41) is 18.6. The van der Waals surface area contributed by atoms with Crippen molar-refractivity contribution < 1.29 is 41.1 Å². The number of hydrogen-bond donors (Lipinski definition) is 1. The lowest BCUT2D eigenvalue weighted by atomic mass is 9.94. The van der Waals surface area contributed by atoms with Crippen molar-refractivity contribution in [1.29, 1.82) is 5.26 Å². The lowest BCUT2D eigenvalue weighted by Gasteiger charge is -2.48. The third-order valence-electron chi connectivity index (χ3n) is 9.04. The van der Waals surface area contributed by atoms with Gasteiger partial charge in [0, 0.05) is 31.6 Å². The van der Waals surface area contributed by atoms with Gasteiger partial charge in [-0.25, -0.2) is 22.9 Å². The molecule has 13 nitrogen and oxygen atoms in total. The summed E-state index contributed by atoms with van der Waals surface area (Å²) in [7, 11) is 0. The summed E-state index contributed by atoms with van der Waals surface area (Å²) in [6.45, 7) is 2.23. The van der Waals surface area contributed by atoms with Crippen LogP contribution in [0.25, 0.3) is 21.8 Å². The molecule has 1 aliphatic carbocycles. The number of fused-ring (bicyclic) bond motifs is 2. The highest BCUT2D eigenvalue weighted by Crippen LogP contribution is 2.44. The summed E-state index contributed by atoms with van der Waals surface area (Å²) >= 11 is 0. The van der Waals surface area contributed by atoms with E-state index in [2.05, 4.69) is 4.98 Å². The molecular formula is C32H27F6N7O6. The number of rotatable bonds is 7. The molecule has 0 bridgehead atoms. The fourth-order valence-electron chi connectivity index (χ4n) is 6.39. The molecule has 2 unspecified atom stereocenters. The summed E-state index contributed by atoms with van der Waals surface area (Å²) < 4.78 is 90.8. The van der Waals surface area contributed by atoms with Crippen LogP contribution in [0.5, 0.6) is 0 Å². The average molecular weight is 720 g/mol. The third kappa shape index (κ3) is 6.02. The smallest absolute Gasteiger partial charge is 0.345 e. The number of piperidine rings is 1. The summed E-state index contributed by atoms with van der Waals surface area (Å²) in [5.41, 5.74) is -3.92. The van der Waals surface area contributed by atoms with Crippen molar-refractivity contribution in [2.24, 2.45) is 5.92 Å². The molecule has 268 valence electrons. The number of alkyl halides is 5. The summed E-state index contributed by atoms with van der Waals surface area (Å²) in [5.74, 6) is -11.3. The highest BCUT2D eigenvalue weighted by Gasteiger charge is 2.57. The minimum Gasteiger partial charge on any atom is -0.345 e. The van der Waals surface area contributed by atoms with Crippen LogP contribution in [0.15, 0.2) is 51.0 Å². The third-order valence-corrected chi connectivity index (χ3v) is 9.04. The van der Waals surface area contributed by atoms with Crippen LogP contribution in [0.3, 0.4) is 0 Å². The minimum atomic E-state index is -5.88. The van der Waals surface area contributed by atoms with Gasteiger partial charge in [0.2, 0.25) is 0 Å². The normalized spacial score (nSPS) is 19.0. The molecule has 2 aliphatic rings. The number of aromatic nitrogens is 4. The molecule has 1 aliphatic heterocycles. The first kappa shape index (κ1) is 35.3. The van der Waals surface area contributed by atoms with Crippen molar-refractivity contribution in [2.75, 3.05) is 11.4 Å². The predicted octanol–water partition coefficient (Wildman–Crippen LogP) is 3.64. The number of benzene rings is 2. The van der Waals surface area contributed by atoms with Gasteiger partial charge in [0.05, 0.1) is 45.5 Å². The summed E-state index contributed by atoms with van der Waals surface area (Å²) in [6, 6.07) is 3.38. The molecular weight excluding hydrogens is 692 g/mol. The Morgan fingerprint density at radius 1 is 1.10 bits per heavy atom. The molecule has 51 heavy (non-hydrogen) atoms. The van der Waals surface area contributed by atoms with Crippen LogP contribution in [0.2, 0.25) is 0 Å². The van der Waals surface area contributed by atoms with Gasteiger partial charge in [-0.05, 0) is 56.9 Å². The van der Waals surface area contributed by atoms with Crippen LogP contribution >= 0.6 is 0 Å². The first-order chi connectivity index (χ1) is 23.9. The Labute approximate surface area is 282 Å². The number of carbonyl (C=O) groups excluding carboxylic acids is 2. The van der Waals surface area contributed by atoms with E-state index in [1.807, 2.05) is 0 Å². The molecule has 4 aromatic rings. The van der Waals surface area contributed by atoms with Gasteiger partial charge in [-0.1, -0.05) is 0 Å². The van der Waals surface area contributed by atoms with Crippen molar-refractivity contribution in [3.8, 4) is 6.07 Å². The number of amides is 1. The molecule has 2 atom stereocenters. The number of ketones is 1. The van der Waals surface area contributed by atoms with E-state index in [4.69, 9.17) is 0 Å². The number of hydroxylamine groups is 2. The number of Topliss-reactive ketones (excluding diaryl/α,β-unsaturated/α-hetero) is 1. The molecule has 0 radical (unpaired) electrons. The molecule has 2 fully saturated rings. The molecule has 2 aromatic heterocycles. The first-order valence-corrected chi connectivity index (χ1v) is 15.5. The van der Waals surface area contributed by atoms with Gasteiger partial charge < -0.3 is 4.90 Å². The van der Waals surface area contributed by atoms with E-state index in [1.165, 1.54) is 6.07 Å². The molecule has 19 heteroatoms. The van der Waals surface area contributed by atoms with Crippen LogP contribution in [0.4, 0.5) is 32.0 Å². The maximum Gasteiger partial charge on any atom is 0.460 e. The topological polar surface area (TPSA) is 164 Å². The van der Waals surface area contributed by atoms with Crippen LogP contribution in [0, 0.1) is 23.1 Å². The molecule has 1 amide bonds. The number of carbonyl (C=O) groups is 2. The Balaban J connectivity index is 1.61. The number of halogens is 6. The van der Waals surface area contributed by atoms with Gasteiger partial charge in [0.15, 0.2) is 6.17 Å². The number of hydrogen-bond acceptors (Lipinski definition) is 9. The van der Waals surface area contributed by atoms with E-state index in [1.54, 1.807) is 19.9 Å². The molecule has 3 heterocycles. The Hall–Kier alpha value is -5.51.